The molecule has 2 fully saturated rings. The minimum atomic E-state index is 0.00199. The van der Waals surface area contributed by atoms with Gasteiger partial charge in [-0.3, -0.25) is 4.79 Å². The quantitative estimate of drug-likeness (QED) is 0.659. The molecule has 2 bridgehead atoms. The van der Waals surface area contributed by atoms with Crippen molar-refractivity contribution in [3.05, 3.63) is 65.2 Å². The number of nitrogens with two attached hydrogens (primary N) is 1. The second-order valence-corrected chi connectivity index (χ2v) is 8.61. The maximum Gasteiger partial charge on any atom is 0.251 e. The van der Waals surface area contributed by atoms with Crippen LogP contribution in [-0.2, 0) is 0 Å². The van der Waals surface area contributed by atoms with E-state index in [1.54, 1.807) is 4.68 Å². The lowest BCUT2D eigenvalue weighted by molar-refractivity contribution is 0.0923. The van der Waals surface area contributed by atoms with Crippen LogP contribution in [0.25, 0.3) is 16.9 Å². The number of aromatic nitrogens is 2. The Morgan fingerprint density at radius 1 is 1.10 bits per heavy atom. The summed E-state index contributed by atoms with van der Waals surface area (Å²) in [6.07, 6.45) is 4.98. The fourth-order valence-electron chi connectivity index (χ4n) is 4.82. The first-order valence-electron chi connectivity index (χ1n) is 10.1. The van der Waals surface area contributed by atoms with Gasteiger partial charge in [0.1, 0.15) is 5.82 Å². The van der Waals surface area contributed by atoms with Gasteiger partial charge in [0.2, 0.25) is 0 Å². The normalized spacial score (nSPS) is 22.7. The van der Waals surface area contributed by atoms with Gasteiger partial charge in [-0.15, -0.1) is 0 Å². The fraction of sp³-hybridized carbons (Fsp3) is 0.304. The zero-order valence-corrected chi connectivity index (χ0v) is 16.8. The van der Waals surface area contributed by atoms with Crippen LogP contribution in [0.4, 0.5) is 5.82 Å². The first-order valence-corrected chi connectivity index (χ1v) is 10.5. The van der Waals surface area contributed by atoms with Crippen molar-refractivity contribution in [2.45, 2.75) is 31.7 Å². The standard InChI is InChI=1S/C23H23ClN4O/c24-18-3-1-2-16(12-18)21-13-22(25)28(27-21)19-8-6-15(7-9-19)23(29)26-20-11-14-4-5-17(20)10-14/h1-3,6-9,12-14,17,20H,4-5,10-11,25H2,(H,26,29)/t14-,17+,20+/m0/s1. The predicted molar refractivity (Wildman–Crippen MR) is 115 cm³/mol. The zero-order chi connectivity index (χ0) is 20.0. The highest BCUT2D eigenvalue weighted by Gasteiger charge is 2.40. The molecule has 5 rings (SSSR count). The van der Waals surface area contributed by atoms with Gasteiger partial charge in [-0.1, -0.05) is 30.2 Å². The molecule has 0 radical (unpaired) electrons. The molecule has 0 aliphatic heterocycles. The summed E-state index contributed by atoms with van der Waals surface area (Å²) in [4.78, 5) is 12.6. The number of hydrogen-bond acceptors (Lipinski definition) is 3. The van der Waals surface area contributed by atoms with Crippen LogP contribution in [0.15, 0.2) is 54.6 Å². The highest BCUT2D eigenvalue weighted by Crippen LogP contribution is 2.44. The third-order valence-electron chi connectivity index (χ3n) is 6.29. The Balaban J connectivity index is 1.33. The van der Waals surface area contributed by atoms with E-state index in [1.807, 2.05) is 54.6 Å². The number of fused-ring (bicyclic) bond motifs is 2. The molecule has 3 atom stereocenters. The number of nitrogens with one attached hydrogen (secondary N) is 1. The van der Waals surface area contributed by atoms with Crippen molar-refractivity contribution in [3.8, 4) is 16.9 Å². The zero-order valence-electron chi connectivity index (χ0n) is 16.0. The Bertz CT molecular complexity index is 1060. The minimum absolute atomic E-state index is 0.00199. The van der Waals surface area contributed by atoms with Gasteiger partial charge in [0.25, 0.3) is 5.91 Å². The number of benzene rings is 2. The van der Waals surface area contributed by atoms with E-state index in [-0.39, 0.29) is 5.91 Å². The second kappa shape index (κ2) is 7.23. The molecule has 5 nitrogen and oxygen atoms in total. The lowest BCUT2D eigenvalue weighted by atomic mass is 9.95. The van der Waals surface area contributed by atoms with E-state index < -0.39 is 0 Å². The summed E-state index contributed by atoms with van der Waals surface area (Å²) in [5.41, 5.74) is 9.31. The predicted octanol–water partition coefficient (Wildman–Crippen LogP) is 4.69. The summed E-state index contributed by atoms with van der Waals surface area (Å²) < 4.78 is 1.67. The fourth-order valence-corrected chi connectivity index (χ4v) is 5.01. The summed E-state index contributed by atoms with van der Waals surface area (Å²) in [5, 5.41) is 8.49. The lowest BCUT2D eigenvalue weighted by Crippen LogP contribution is -2.38. The van der Waals surface area contributed by atoms with Gasteiger partial charge in [-0.2, -0.15) is 5.10 Å². The van der Waals surface area contributed by atoms with Crippen molar-refractivity contribution in [1.29, 1.82) is 0 Å². The smallest absolute Gasteiger partial charge is 0.251 e. The summed E-state index contributed by atoms with van der Waals surface area (Å²) in [6.45, 7) is 0. The van der Waals surface area contributed by atoms with E-state index in [4.69, 9.17) is 17.3 Å². The minimum Gasteiger partial charge on any atom is -0.384 e. The number of nitrogen functional groups attached to an aromatic ring is 1. The molecule has 3 aromatic rings. The van der Waals surface area contributed by atoms with Gasteiger partial charge in [0, 0.05) is 28.3 Å². The first kappa shape index (κ1) is 18.3. The number of hydrogen-bond donors (Lipinski definition) is 2. The number of carbonyl (C=O) groups excluding carboxylic acids is 1. The molecule has 1 amide bonds. The van der Waals surface area contributed by atoms with E-state index >= 15 is 0 Å². The number of carbonyl (C=O) groups is 1. The highest BCUT2D eigenvalue weighted by molar-refractivity contribution is 6.30. The van der Waals surface area contributed by atoms with Crippen molar-refractivity contribution in [2.24, 2.45) is 11.8 Å². The molecule has 1 aromatic heterocycles. The molecule has 148 valence electrons. The highest BCUT2D eigenvalue weighted by atomic mass is 35.5. The Morgan fingerprint density at radius 3 is 2.62 bits per heavy atom. The van der Waals surface area contributed by atoms with E-state index in [0.29, 0.717) is 28.4 Å². The van der Waals surface area contributed by atoms with Crippen LogP contribution in [-0.4, -0.2) is 21.7 Å². The summed E-state index contributed by atoms with van der Waals surface area (Å²) in [5.74, 6) is 2.00. The van der Waals surface area contributed by atoms with Gasteiger partial charge in [0.15, 0.2) is 0 Å². The van der Waals surface area contributed by atoms with Crippen LogP contribution in [0.3, 0.4) is 0 Å². The van der Waals surface area contributed by atoms with Crippen LogP contribution in [0.2, 0.25) is 5.02 Å². The molecule has 29 heavy (non-hydrogen) atoms. The number of anilines is 1. The van der Waals surface area contributed by atoms with Crippen molar-refractivity contribution < 1.29 is 4.79 Å². The molecule has 2 aliphatic rings. The van der Waals surface area contributed by atoms with Crippen LogP contribution >= 0.6 is 11.6 Å². The molecule has 0 unspecified atom stereocenters. The van der Waals surface area contributed by atoms with Gasteiger partial charge >= 0.3 is 0 Å². The largest absolute Gasteiger partial charge is 0.384 e. The Labute approximate surface area is 174 Å². The van der Waals surface area contributed by atoms with Crippen molar-refractivity contribution in [1.82, 2.24) is 15.1 Å². The number of nitrogens with zero attached hydrogens (tertiary/aromatic N) is 2. The monoisotopic (exact) mass is 406 g/mol. The van der Waals surface area contributed by atoms with Gasteiger partial charge in [-0.05, 0) is 67.5 Å². The van der Waals surface area contributed by atoms with Crippen molar-refractivity contribution >= 4 is 23.3 Å². The SMILES string of the molecule is Nc1cc(-c2cccc(Cl)c2)nn1-c1ccc(C(=O)N[C@@H]2C[C@H]3CC[C@@H]2C3)cc1. The summed E-state index contributed by atoms with van der Waals surface area (Å²) in [7, 11) is 0. The van der Waals surface area contributed by atoms with Crippen LogP contribution in [0.5, 0.6) is 0 Å². The molecular weight excluding hydrogens is 384 g/mol. The first-order chi connectivity index (χ1) is 14.1. The number of amides is 1. The van der Waals surface area contributed by atoms with Crippen molar-refractivity contribution in [2.75, 3.05) is 5.73 Å². The molecular formula is C23H23ClN4O. The third kappa shape index (κ3) is 3.51. The van der Waals surface area contributed by atoms with Crippen LogP contribution < -0.4 is 11.1 Å². The average Bonchev–Trinajstić information content (AvgIpc) is 3.44. The average molecular weight is 407 g/mol. The Kier molecular flexibility index (Phi) is 4.55. The van der Waals surface area contributed by atoms with Gasteiger partial charge < -0.3 is 11.1 Å². The molecule has 3 N–H and O–H groups in total. The second-order valence-electron chi connectivity index (χ2n) is 8.18. The van der Waals surface area contributed by atoms with Gasteiger partial charge in [0.05, 0.1) is 11.4 Å². The molecule has 2 aromatic carbocycles. The maximum absolute atomic E-state index is 12.6. The Hall–Kier alpha value is -2.79. The molecule has 0 saturated heterocycles. The van der Waals surface area contributed by atoms with Crippen molar-refractivity contribution in [3.63, 3.8) is 0 Å². The molecule has 2 saturated carbocycles. The number of rotatable bonds is 4. The Morgan fingerprint density at radius 2 is 1.93 bits per heavy atom. The molecule has 1 heterocycles. The lowest BCUT2D eigenvalue weighted by Gasteiger charge is -2.22. The van der Waals surface area contributed by atoms with Crippen LogP contribution in [0, 0.1) is 11.8 Å². The van der Waals surface area contributed by atoms with E-state index in [2.05, 4.69) is 10.4 Å². The maximum atomic E-state index is 12.6. The number of halogens is 1. The van der Waals surface area contributed by atoms with E-state index in [1.165, 1.54) is 19.3 Å². The third-order valence-corrected chi connectivity index (χ3v) is 6.52. The molecule has 6 heteroatoms. The van der Waals surface area contributed by atoms with E-state index in [9.17, 15) is 4.79 Å². The summed E-state index contributed by atoms with van der Waals surface area (Å²) >= 11 is 6.08. The topological polar surface area (TPSA) is 72.9 Å². The summed E-state index contributed by atoms with van der Waals surface area (Å²) in [6, 6.07) is 17.1. The van der Waals surface area contributed by atoms with Gasteiger partial charge in [-0.25, -0.2) is 4.68 Å². The van der Waals surface area contributed by atoms with Crippen LogP contribution in [0.1, 0.15) is 36.0 Å². The van der Waals surface area contributed by atoms with E-state index in [0.717, 1.165) is 29.3 Å². The molecule has 0 spiro atoms. The molecule has 2 aliphatic carbocycles.